The summed E-state index contributed by atoms with van der Waals surface area (Å²) in [6.45, 7) is 15.0. The minimum Gasteiger partial charge on any atom is -0.492 e. The fourth-order valence-corrected chi connectivity index (χ4v) is 13.0. The van der Waals surface area contributed by atoms with E-state index in [0.29, 0.717) is 12.4 Å². The number of rotatable bonds is 15. The van der Waals surface area contributed by atoms with Crippen molar-refractivity contribution in [3.63, 3.8) is 0 Å². The molecule has 0 radical (unpaired) electrons. The molecule has 0 bridgehead atoms. The van der Waals surface area contributed by atoms with Crippen LogP contribution in [-0.2, 0) is 30.0 Å². The lowest BCUT2D eigenvalue weighted by molar-refractivity contribution is -0.149. The summed E-state index contributed by atoms with van der Waals surface area (Å²) in [5, 5.41) is 42.8. The van der Waals surface area contributed by atoms with Gasteiger partial charge in [0.15, 0.2) is 5.78 Å². The Kier molecular flexibility index (Phi) is 28.7. The topological polar surface area (TPSA) is 278 Å². The van der Waals surface area contributed by atoms with Crippen LogP contribution in [0.1, 0.15) is 187 Å². The Bertz CT molecular complexity index is 3520. The largest absolute Gasteiger partial charge is 0.492 e. The van der Waals surface area contributed by atoms with Gasteiger partial charge < -0.3 is 36.2 Å². The number of carboxylic acid groups (broad SMARTS) is 2. The average Bonchev–Trinajstić information content (AvgIpc) is 1.86. The van der Waals surface area contributed by atoms with Crippen LogP contribution in [0.3, 0.4) is 0 Å². The van der Waals surface area contributed by atoms with Crippen molar-refractivity contribution in [3.8, 4) is 23.2 Å². The van der Waals surface area contributed by atoms with Gasteiger partial charge >= 0.3 is 18.0 Å². The number of nitriles is 1. The number of hydrogen-bond donors (Lipinski definition) is 7. The Morgan fingerprint density at radius 1 is 0.600 bits per heavy atom. The molecule has 3 heterocycles. The molecular formula is C76H103N11O8. The molecule has 19 nitrogen and oxygen atoms in total. The van der Waals surface area contributed by atoms with Crippen LogP contribution in [-0.4, -0.2) is 97.9 Å². The zero-order valence-corrected chi connectivity index (χ0v) is 56.8. The van der Waals surface area contributed by atoms with E-state index in [2.05, 4.69) is 40.9 Å². The zero-order valence-electron chi connectivity index (χ0n) is 56.8. The fourth-order valence-electron chi connectivity index (χ4n) is 13.0. The molecule has 19 heteroatoms. The normalized spacial score (nSPS) is 17.5. The Balaban J connectivity index is 0.000000193. The van der Waals surface area contributed by atoms with E-state index in [4.69, 9.17) is 46.7 Å². The van der Waals surface area contributed by atoms with Gasteiger partial charge in [-0.05, 0) is 107 Å². The summed E-state index contributed by atoms with van der Waals surface area (Å²) < 4.78 is 15.3. The lowest BCUT2D eigenvalue weighted by Crippen LogP contribution is -2.38. The summed E-state index contributed by atoms with van der Waals surface area (Å²) in [6.07, 6.45) is 23.2. The smallest absolute Gasteiger partial charge is 0.324 e. The predicted octanol–water partition coefficient (Wildman–Crippen LogP) is 16.2. The lowest BCUT2D eigenvalue weighted by Gasteiger charge is -2.31. The highest BCUT2D eigenvalue weighted by molar-refractivity contribution is 6.07. The summed E-state index contributed by atoms with van der Waals surface area (Å²) in [7, 11) is 0. The number of ketones is 1. The van der Waals surface area contributed by atoms with E-state index in [9.17, 15) is 19.2 Å². The number of Topliss-reactive ketones (excluding diaryl/α,β-unsaturated/α-hetero) is 1. The first-order valence-electron chi connectivity index (χ1n) is 34.3. The van der Waals surface area contributed by atoms with Crippen LogP contribution < -0.4 is 32.4 Å². The van der Waals surface area contributed by atoms with Gasteiger partial charge in [-0.25, -0.2) is 14.2 Å². The Morgan fingerprint density at radius 2 is 1.06 bits per heavy atom. The highest BCUT2D eigenvalue weighted by Gasteiger charge is 2.36. The van der Waals surface area contributed by atoms with Crippen LogP contribution in [0.5, 0.6) is 5.75 Å². The molecule has 95 heavy (non-hydrogen) atoms. The van der Waals surface area contributed by atoms with Gasteiger partial charge in [-0.15, -0.1) is 0 Å². The minimum absolute atomic E-state index is 0.0129. The summed E-state index contributed by atoms with van der Waals surface area (Å²) in [6, 6.07) is 47.3. The molecule has 5 aliphatic rings. The number of carbonyl (C=O) groups excluding carboxylic acids is 2. The second-order valence-corrected chi connectivity index (χ2v) is 26.7. The quantitative estimate of drug-likeness (QED) is 0.0371. The van der Waals surface area contributed by atoms with Crippen molar-refractivity contribution in [2.45, 2.75) is 187 Å². The Hall–Kier alpha value is -8.57. The molecule has 5 fully saturated rings. The number of para-hydroxylation sites is 3. The zero-order chi connectivity index (χ0) is 68.1. The van der Waals surface area contributed by atoms with E-state index in [1.54, 1.807) is 6.92 Å². The second-order valence-electron chi connectivity index (χ2n) is 26.7. The molecule has 4 saturated carbocycles. The van der Waals surface area contributed by atoms with Gasteiger partial charge in [0.25, 0.3) is 0 Å². The summed E-state index contributed by atoms with van der Waals surface area (Å²) in [5.74, 6) is 6.08. The molecule has 9 N–H and O–H groups in total. The van der Waals surface area contributed by atoms with E-state index in [0.717, 1.165) is 154 Å². The number of nitrogens with two attached hydrogens (primary N) is 2. The average molecular weight is 1300 g/mol. The molecule has 510 valence electrons. The van der Waals surface area contributed by atoms with Crippen LogP contribution in [0, 0.1) is 22.2 Å². The number of urea groups is 1. The maximum Gasteiger partial charge on any atom is 0.324 e. The van der Waals surface area contributed by atoms with Crippen molar-refractivity contribution in [2.75, 3.05) is 61.2 Å². The van der Waals surface area contributed by atoms with Gasteiger partial charge in [0.2, 0.25) is 0 Å². The number of hydrogen-bond acceptors (Lipinski definition) is 13. The summed E-state index contributed by atoms with van der Waals surface area (Å²) >= 11 is 0. The Labute approximate surface area is 562 Å². The first-order chi connectivity index (χ1) is 45.8. The first-order valence-corrected chi connectivity index (χ1v) is 34.3. The molecule has 0 spiro atoms. The molecule has 1 aliphatic heterocycles. The second kappa shape index (κ2) is 36.9. The molecule has 1 saturated heterocycles. The number of morpholine rings is 1. The van der Waals surface area contributed by atoms with E-state index in [1.807, 2.05) is 163 Å². The van der Waals surface area contributed by atoms with Gasteiger partial charge in [0.05, 0.1) is 59.6 Å². The molecule has 0 atom stereocenters. The van der Waals surface area contributed by atoms with Gasteiger partial charge in [-0.3, -0.25) is 30.4 Å². The number of aliphatic carboxylic acids is 2. The third kappa shape index (κ3) is 22.0. The number of aromatic nitrogens is 4. The van der Waals surface area contributed by atoms with Gasteiger partial charge in [0.1, 0.15) is 24.0 Å². The number of anilines is 4. The third-order valence-electron chi connectivity index (χ3n) is 19.3. The number of nitrogens with one attached hydrogen (secondary N) is 3. The highest BCUT2D eigenvalue weighted by Crippen LogP contribution is 2.42. The third-order valence-corrected chi connectivity index (χ3v) is 19.3. The Morgan fingerprint density at radius 3 is 1.55 bits per heavy atom. The van der Waals surface area contributed by atoms with Crippen LogP contribution in [0.15, 0.2) is 140 Å². The number of amides is 2. The predicted molar refractivity (Wildman–Crippen MR) is 379 cm³/mol. The minimum atomic E-state index is -0.745. The summed E-state index contributed by atoms with van der Waals surface area (Å²) in [5.41, 5.74) is 14.1. The molecule has 2 amide bonds. The van der Waals surface area contributed by atoms with Crippen molar-refractivity contribution >= 4 is 57.5 Å². The lowest BCUT2D eigenvalue weighted by atomic mass is 9.72. The van der Waals surface area contributed by atoms with Gasteiger partial charge in [0, 0.05) is 70.9 Å². The first kappa shape index (κ1) is 73.8. The fraction of sp³-hybridized carbons (Fsp3) is 0.487. The molecule has 0 unspecified atom stereocenters. The monoisotopic (exact) mass is 1300 g/mol. The van der Waals surface area contributed by atoms with Crippen molar-refractivity contribution in [1.82, 2.24) is 24.5 Å². The summed E-state index contributed by atoms with van der Waals surface area (Å²) in [4.78, 5) is 47.3. The number of hydrazine groups is 1. The molecule has 7 aromatic rings. The van der Waals surface area contributed by atoms with Crippen molar-refractivity contribution in [2.24, 2.45) is 16.7 Å². The number of ether oxygens (including phenoxy) is 2. The van der Waals surface area contributed by atoms with E-state index < -0.39 is 17.4 Å². The number of carboxylic acids is 2. The van der Waals surface area contributed by atoms with Gasteiger partial charge in [-0.1, -0.05) is 184 Å². The molecule has 12 rings (SSSR count). The molecule has 2 aromatic heterocycles. The molecule has 4 aliphatic carbocycles. The number of fused-ring (bicyclic) bond motifs is 1. The molecular weight excluding hydrogens is 1190 g/mol. The number of benzene rings is 5. The van der Waals surface area contributed by atoms with Crippen molar-refractivity contribution in [1.29, 1.82) is 5.26 Å². The highest BCUT2D eigenvalue weighted by atomic mass is 16.5. The van der Waals surface area contributed by atoms with Crippen molar-refractivity contribution < 1.29 is 38.9 Å². The van der Waals surface area contributed by atoms with Crippen LogP contribution in [0.4, 0.5) is 27.8 Å². The molecule has 5 aromatic carbocycles. The van der Waals surface area contributed by atoms with E-state index in [1.165, 1.54) is 64.2 Å². The standard InChI is InChI=1S/C33H39N5O3.C16H21N3.C10H15NO.C8H14O2.C6H8N2.C3H6O2/c1-33(16-8-3-9-17-33)30-24-31(38(36-30)25-10-4-2-5-11-25)35-32(39)34-28-14-15-29(27-13-7-6-12-26(27)28)41-23-20-37-18-21-40-22-19-37;1-16(10-6-3-7-11-16)14-12-15(17)19(18-14)13-8-4-2-5-9-13;1-10(9(12)5-8-11)6-3-2-4-7-10;1-8(7(9)10)5-3-2-4-6-8;7-8-6-4-2-1-3-5-6;1-2-3(4)5/h2,4-7,10-15,24H,3,8-9,16-23H2,1H3,(H2,34,35,39);2,4-5,8-9,12H,3,6-7,10-11,17H2,1H3;2-7H2,1H3;2-6H2,1H3,(H,9,10);1-5,8H,7H2;2H2,1H3,(H,4,5). The van der Waals surface area contributed by atoms with Gasteiger partial charge in [-0.2, -0.15) is 15.5 Å². The van der Waals surface area contributed by atoms with Crippen LogP contribution in [0.2, 0.25) is 0 Å². The van der Waals surface area contributed by atoms with Crippen LogP contribution in [0.25, 0.3) is 22.1 Å². The number of nitrogens with zero attached hydrogens (tertiary/aromatic N) is 6. The number of nitrogen functional groups attached to an aromatic ring is 2. The maximum atomic E-state index is 13.4. The number of carbonyl (C=O) groups is 4. The maximum absolute atomic E-state index is 13.4. The van der Waals surface area contributed by atoms with E-state index in [-0.39, 0.29) is 40.9 Å². The van der Waals surface area contributed by atoms with Crippen LogP contribution >= 0.6 is 0 Å². The van der Waals surface area contributed by atoms with E-state index >= 15 is 0 Å². The SMILES string of the molecule is CC1(C(=O)CC#N)CCCCC1.CC1(C(=O)O)CCCCC1.CC1(c2cc(N)n(-c3ccccc3)n2)CCCCC1.CC1(c2cc(NC(=O)Nc3ccc(OCCN4CCOCC4)c4ccccc34)n(-c3ccccc3)n2)CCCCC1.CCC(=O)O.NNc1ccccc1. The van der Waals surface area contributed by atoms with Crippen molar-refractivity contribution in [3.05, 3.63) is 151 Å².